The van der Waals surface area contributed by atoms with Crippen LogP contribution < -0.4 is 18.9 Å². The largest absolute Gasteiger partial charge is 0.454 e. The fourth-order valence-electron chi connectivity index (χ4n) is 4.72. The molecule has 0 bridgehead atoms. The molecule has 3 atom stereocenters. The van der Waals surface area contributed by atoms with Gasteiger partial charge < -0.3 is 23.7 Å². The van der Waals surface area contributed by atoms with Gasteiger partial charge >= 0.3 is 0 Å². The van der Waals surface area contributed by atoms with E-state index in [-0.39, 0.29) is 19.0 Å². The first kappa shape index (κ1) is 14.7. The molecule has 0 saturated heterocycles. The lowest BCUT2D eigenvalue weighted by Gasteiger charge is -2.41. The molecule has 5 heteroatoms. The molecular weight excluding hydrogens is 332 g/mol. The number of ether oxygens (including phenoxy) is 5. The zero-order valence-electron chi connectivity index (χ0n) is 14.4. The Labute approximate surface area is 151 Å². The zero-order valence-corrected chi connectivity index (χ0v) is 14.4. The van der Waals surface area contributed by atoms with Crippen LogP contribution in [0.2, 0.25) is 0 Å². The topological polar surface area (TPSA) is 46.2 Å². The second-order valence-electron chi connectivity index (χ2n) is 7.39. The van der Waals surface area contributed by atoms with Gasteiger partial charge in [0.25, 0.3) is 0 Å². The van der Waals surface area contributed by atoms with Crippen molar-refractivity contribution in [3.8, 4) is 23.0 Å². The monoisotopic (exact) mass is 352 g/mol. The van der Waals surface area contributed by atoms with Gasteiger partial charge in [0.15, 0.2) is 23.0 Å². The summed E-state index contributed by atoms with van der Waals surface area (Å²) in [5.41, 5.74) is 3.64. The van der Waals surface area contributed by atoms with Gasteiger partial charge in [0, 0.05) is 5.92 Å². The van der Waals surface area contributed by atoms with Crippen LogP contribution in [-0.2, 0) is 4.74 Å². The van der Waals surface area contributed by atoms with Gasteiger partial charge in [-0.05, 0) is 53.8 Å². The highest BCUT2D eigenvalue weighted by Gasteiger charge is 2.39. The Morgan fingerprint density at radius 2 is 1.38 bits per heavy atom. The normalized spacial score (nSPS) is 27.8. The van der Waals surface area contributed by atoms with Crippen molar-refractivity contribution in [1.82, 2.24) is 0 Å². The quantitative estimate of drug-likeness (QED) is 0.766. The van der Waals surface area contributed by atoms with Crippen LogP contribution >= 0.6 is 0 Å². The summed E-state index contributed by atoms with van der Waals surface area (Å²) in [6.45, 7) is 0.576. The van der Waals surface area contributed by atoms with E-state index in [1.54, 1.807) is 0 Å². The maximum Gasteiger partial charge on any atom is 0.231 e. The SMILES string of the molecule is c1cc2c(cc1[C@H]1O[C@H]3CCCC[C@@H]3c3cc4c(cc31)OCO4)OCO2. The molecule has 0 amide bonds. The third kappa shape index (κ3) is 2.13. The number of benzene rings is 2. The molecule has 3 heterocycles. The van der Waals surface area contributed by atoms with Crippen LogP contribution in [0.5, 0.6) is 23.0 Å². The van der Waals surface area contributed by atoms with Crippen molar-refractivity contribution < 1.29 is 23.7 Å². The molecule has 6 rings (SSSR count). The Morgan fingerprint density at radius 1 is 0.692 bits per heavy atom. The summed E-state index contributed by atoms with van der Waals surface area (Å²) in [6, 6.07) is 10.4. The smallest absolute Gasteiger partial charge is 0.231 e. The summed E-state index contributed by atoms with van der Waals surface area (Å²) in [5, 5.41) is 0. The van der Waals surface area contributed by atoms with Crippen LogP contribution in [0, 0.1) is 0 Å². The molecule has 1 fully saturated rings. The van der Waals surface area contributed by atoms with Gasteiger partial charge in [0.2, 0.25) is 13.6 Å². The van der Waals surface area contributed by atoms with Gasteiger partial charge in [-0.1, -0.05) is 18.9 Å². The molecule has 5 nitrogen and oxygen atoms in total. The molecule has 0 N–H and O–H groups in total. The standard InChI is InChI=1S/C21H20O5/c1-2-4-16-13(3-1)14-8-19-20(25-11-24-19)9-15(14)21(26-16)12-5-6-17-18(7-12)23-10-22-17/h5-9,13,16,21H,1-4,10-11H2/t13-,16+,21-/m1/s1. The van der Waals surface area contributed by atoms with Crippen molar-refractivity contribution in [3.63, 3.8) is 0 Å². The summed E-state index contributed by atoms with van der Waals surface area (Å²) in [5.74, 6) is 3.70. The average molecular weight is 352 g/mol. The average Bonchev–Trinajstić information content (AvgIpc) is 3.33. The van der Waals surface area contributed by atoms with E-state index < -0.39 is 0 Å². The lowest BCUT2D eigenvalue weighted by Crippen LogP contribution is -2.33. The van der Waals surface area contributed by atoms with Crippen molar-refractivity contribution in [2.45, 2.75) is 43.8 Å². The molecule has 134 valence electrons. The van der Waals surface area contributed by atoms with Crippen molar-refractivity contribution in [2.24, 2.45) is 0 Å². The summed E-state index contributed by atoms with van der Waals surface area (Å²) < 4.78 is 28.9. The maximum atomic E-state index is 6.63. The van der Waals surface area contributed by atoms with Crippen LogP contribution in [-0.4, -0.2) is 19.7 Å². The molecule has 2 aromatic rings. The minimum atomic E-state index is -0.117. The number of hydrogen-bond donors (Lipinski definition) is 0. The summed E-state index contributed by atoms with van der Waals surface area (Å²) in [7, 11) is 0. The van der Waals surface area contributed by atoms with E-state index in [0.717, 1.165) is 35.0 Å². The molecule has 26 heavy (non-hydrogen) atoms. The first-order chi connectivity index (χ1) is 12.9. The number of rotatable bonds is 1. The van der Waals surface area contributed by atoms with Gasteiger partial charge in [-0.2, -0.15) is 0 Å². The van der Waals surface area contributed by atoms with Crippen molar-refractivity contribution in [3.05, 3.63) is 47.0 Å². The highest BCUT2D eigenvalue weighted by Crippen LogP contribution is 2.51. The lowest BCUT2D eigenvalue weighted by atomic mass is 9.76. The van der Waals surface area contributed by atoms with Crippen LogP contribution in [0.1, 0.15) is 54.4 Å². The fraction of sp³-hybridized carbons (Fsp3) is 0.429. The van der Waals surface area contributed by atoms with Crippen LogP contribution in [0.4, 0.5) is 0 Å². The Kier molecular flexibility index (Phi) is 3.14. The zero-order chi connectivity index (χ0) is 17.1. The number of fused-ring (bicyclic) bond motifs is 5. The van der Waals surface area contributed by atoms with Crippen molar-refractivity contribution in [2.75, 3.05) is 13.6 Å². The molecule has 0 aromatic heterocycles. The highest BCUT2D eigenvalue weighted by atomic mass is 16.7. The second kappa shape index (κ2) is 5.55. The number of hydrogen-bond acceptors (Lipinski definition) is 5. The molecule has 1 aliphatic carbocycles. The third-order valence-electron chi connectivity index (χ3n) is 5.97. The Balaban J connectivity index is 1.49. The van der Waals surface area contributed by atoms with Crippen molar-refractivity contribution >= 4 is 0 Å². The predicted octanol–water partition coefficient (Wildman–Crippen LogP) is 4.29. The van der Waals surface area contributed by atoms with Gasteiger partial charge in [-0.15, -0.1) is 0 Å². The van der Waals surface area contributed by atoms with E-state index in [1.165, 1.54) is 30.4 Å². The summed E-state index contributed by atoms with van der Waals surface area (Å²) in [6.07, 6.45) is 4.91. The molecule has 2 aromatic carbocycles. The summed E-state index contributed by atoms with van der Waals surface area (Å²) >= 11 is 0. The molecule has 4 aliphatic rings. The molecular formula is C21H20O5. The summed E-state index contributed by atoms with van der Waals surface area (Å²) in [4.78, 5) is 0. The van der Waals surface area contributed by atoms with E-state index in [9.17, 15) is 0 Å². The molecule has 1 saturated carbocycles. The van der Waals surface area contributed by atoms with Crippen LogP contribution in [0.3, 0.4) is 0 Å². The van der Waals surface area contributed by atoms with E-state index in [2.05, 4.69) is 18.2 Å². The Morgan fingerprint density at radius 3 is 2.23 bits per heavy atom. The van der Waals surface area contributed by atoms with Crippen LogP contribution in [0.15, 0.2) is 30.3 Å². The third-order valence-corrected chi connectivity index (χ3v) is 5.97. The minimum Gasteiger partial charge on any atom is -0.454 e. The van der Waals surface area contributed by atoms with Gasteiger partial charge in [0.1, 0.15) is 6.10 Å². The molecule has 3 aliphatic heterocycles. The minimum absolute atomic E-state index is 0.117. The van der Waals surface area contributed by atoms with Crippen molar-refractivity contribution in [1.29, 1.82) is 0 Å². The second-order valence-corrected chi connectivity index (χ2v) is 7.39. The maximum absolute atomic E-state index is 6.63. The lowest BCUT2D eigenvalue weighted by molar-refractivity contribution is -0.0390. The predicted molar refractivity (Wildman–Crippen MR) is 93.1 cm³/mol. The van der Waals surface area contributed by atoms with Gasteiger partial charge in [0.05, 0.1) is 6.10 Å². The Hall–Kier alpha value is -2.40. The fourth-order valence-corrected chi connectivity index (χ4v) is 4.72. The van der Waals surface area contributed by atoms with Crippen LogP contribution in [0.25, 0.3) is 0 Å². The van der Waals surface area contributed by atoms with E-state index in [0.29, 0.717) is 12.7 Å². The van der Waals surface area contributed by atoms with E-state index in [4.69, 9.17) is 23.7 Å². The molecule has 0 unspecified atom stereocenters. The first-order valence-corrected chi connectivity index (χ1v) is 9.35. The van der Waals surface area contributed by atoms with Gasteiger partial charge in [-0.25, -0.2) is 0 Å². The van der Waals surface area contributed by atoms with Gasteiger partial charge in [-0.3, -0.25) is 0 Å². The molecule has 0 spiro atoms. The van der Waals surface area contributed by atoms with E-state index >= 15 is 0 Å². The Bertz CT molecular complexity index is 877. The highest BCUT2D eigenvalue weighted by molar-refractivity contribution is 5.55. The van der Waals surface area contributed by atoms with E-state index in [1.807, 2.05) is 12.1 Å². The first-order valence-electron chi connectivity index (χ1n) is 9.35. The molecule has 0 radical (unpaired) electrons.